The first-order valence-electron chi connectivity index (χ1n) is 10.0. The van der Waals surface area contributed by atoms with Crippen molar-refractivity contribution >= 4 is 5.91 Å². The number of likely N-dealkylation sites (tertiary alicyclic amines) is 1. The molecule has 0 spiro atoms. The maximum Gasteiger partial charge on any atom is 0.417 e. The number of aromatic nitrogens is 2. The van der Waals surface area contributed by atoms with Crippen molar-refractivity contribution in [3.8, 4) is 11.5 Å². The molecule has 1 amide bonds. The number of hydrogen-bond acceptors (Lipinski definition) is 4. The molecule has 33 heavy (non-hydrogen) atoms. The normalized spacial score (nSPS) is 17.3. The molecular weight excluding hydrogens is 452 g/mol. The number of nitrogens with zero attached hydrogens (tertiary/aromatic N) is 3. The molecule has 4 rings (SSSR count). The lowest BCUT2D eigenvalue weighted by Gasteiger charge is -2.31. The molecule has 1 saturated heterocycles. The Morgan fingerprint density at radius 2 is 1.64 bits per heavy atom. The number of rotatable bonds is 3. The van der Waals surface area contributed by atoms with Gasteiger partial charge < -0.3 is 9.32 Å². The van der Waals surface area contributed by atoms with Crippen LogP contribution in [0.5, 0.6) is 0 Å². The Morgan fingerprint density at radius 3 is 2.30 bits per heavy atom. The summed E-state index contributed by atoms with van der Waals surface area (Å²) in [5, 5.41) is 7.83. The number of alkyl halides is 6. The van der Waals surface area contributed by atoms with Gasteiger partial charge in [0, 0.05) is 18.7 Å². The van der Waals surface area contributed by atoms with Crippen LogP contribution in [0.3, 0.4) is 0 Å². The second kappa shape index (κ2) is 8.53. The van der Waals surface area contributed by atoms with Crippen LogP contribution in [0.2, 0.25) is 0 Å². The second-order valence-corrected chi connectivity index (χ2v) is 7.65. The molecule has 1 fully saturated rings. The van der Waals surface area contributed by atoms with Crippen molar-refractivity contribution in [3.63, 3.8) is 0 Å². The predicted molar refractivity (Wildman–Crippen MR) is 104 cm³/mol. The second-order valence-electron chi connectivity index (χ2n) is 7.65. The van der Waals surface area contributed by atoms with Gasteiger partial charge in [0.05, 0.1) is 22.6 Å². The highest BCUT2D eigenvalue weighted by Crippen LogP contribution is 2.35. The van der Waals surface area contributed by atoms with Gasteiger partial charge in [-0.05, 0) is 49.2 Å². The molecule has 1 aliphatic heterocycles. The topological polar surface area (TPSA) is 59.2 Å². The molecule has 11 heteroatoms. The third-order valence-corrected chi connectivity index (χ3v) is 5.42. The van der Waals surface area contributed by atoms with Crippen LogP contribution >= 0.6 is 0 Å². The van der Waals surface area contributed by atoms with Gasteiger partial charge in [-0.3, -0.25) is 4.79 Å². The van der Waals surface area contributed by atoms with Crippen molar-refractivity contribution < 1.29 is 35.6 Å². The molecule has 3 aromatic rings. The first kappa shape index (κ1) is 22.8. The average Bonchev–Trinajstić information content (AvgIpc) is 3.28. The largest absolute Gasteiger partial charge is 0.420 e. The van der Waals surface area contributed by atoms with Gasteiger partial charge >= 0.3 is 12.4 Å². The number of carbonyl (C=O) groups excluding carboxylic acids is 1. The summed E-state index contributed by atoms with van der Waals surface area (Å²) in [5.74, 6) is -0.956. The van der Waals surface area contributed by atoms with Gasteiger partial charge in [-0.25, -0.2) is 0 Å². The first-order valence-corrected chi connectivity index (χ1v) is 10.0. The number of piperidine rings is 1. The first-order chi connectivity index (χ1) is 15.5. The van der Waals surface area contributed by atoms with E-state index in [4.69, 9.17) is 4.42 Å². The van der Waals surface area contributed by atoms with Crippen LogP contribution in [-0.2, 0) is 12.4 Å². The van der Waals surface area contributed by atoms with Crippen molar-refractivity contribution in [3.05, 3.63) is 71.1 Å². The molecule has 1 atom stereocenters. The Labute approximate surface area is 184 Å². The molecule has 0 aliphatic carbocycles. The Hall–Kier alpha value is -3.37. The van der Waals surface area contributed by atoms with Gasteiger partial charge in [0.15, 0.2) is 0 Å². The highest BCUT2D eigenvalue weighted by molar-refractivity contribution is 5.96. The zero-order valence-corrected chi connectivity index (χ0v) is 17.0. The number of halogens is 6. The third kappa shape index (κ3) is 4.86. The third-order valence-electron chi connectivity index (χ3n) is 5.42. The Balaban J connectivity index is 1.51. The van der Waals surface area contributed by atoms with E-state index in [2.05, 4.69) is 10.2 Å². The van der Waals surface area contributed by atoms with Crippen molar-refractivity contribution in [2.24, 2.45) is 0 Å². The Bertz CT molecular complexity index is 1140. The van der Waals surface area contributed by atoms with Gasteiger partial charge in [0.2, 0.25) is 11.8 Å². The summed E-state index contributed by atoms with van der Waals surface area (Å²) in [7, 11) is 0. The van der Waals surface area contributed by atoms with Gasteiger partial charge in [0.1, 0.15) is 0 Å². The zero-order valence-electron chi connectivity index (χ0n) is 17.0. The summed E-state index contributed by atoms with van der Waals surface area (Å²) in [5.41, 5.74) is -1.95. The van der Waals surface area contributed by atoms with E-state index in [1.807, 2.05) is 0 Å². The summed E-state index contributed by atoms with van der Waals surface area (Å²) in [4.78, 5) is 14.2. The Morgan fingerprint density at radius 1 is 0.939 bits per heavy atom. The number of hydrogen-bond donors (Lipinski definition) is 0. The molecule has 2 aromatic carbocycles. The monoisotopic (exact) mass is 469 g/mol. The Kier molecular flexibility index (Phi) is 5.89. The van der Waals surface area contributed by atoms with Crippen LogP contribution in [0.15, 0.2) is 52.9 Å². The average molecular weight is 469 g/mol. The van der Waals surface area contributed by atoms with E-state index in [1.165, 1.54) is 29.2 Å². The summed E-state index contributed by atoms with van der Waals surface area (Å²) in [6.45, 7) is 0.362. The highest BCUT2D eigenvalue weighted by atomic mass is 19.4. The van der Waals surface area contributed by atoms with Crippen molar-refractivity contribution in [2.45, 2.75) is 31.1 Å². The molecule has 1 aromatic heterocycles. The molecular formula is C22H17F6N3O2. The van der Waals surface area contributed by atoms with E-state index in [9.17, 15) is 31.1 Å². The van der Waals surface area contributed by atoms with E-state index in [1.54, 1.807) is 0 Å². The fraction of sp³-hybridized carbons (Fsp3) is 0.318. The molecule has 174 valence electrons. The minimum absolute atomic E-state index is 0.0181. The van der Waals surface area contributed by atoms with Crippen molar-refractivity contribution in [1.29, 1.82) is 0 Å². The van der Waals surface area contributed by atoms with Gasteiger partial charge in [-0.2, -0.15) is 26.3 Å². The van der Waals surface area contributed by atoms with Crippen molar-refractivity contribution in [1.82, 2.24) is 15.1 Å². The van der Waals surface area contributed by atoms with Crippen LogP contribution in [0.25, 0.3) is 11.5 Å². The molecule has 0 N–H and O–H groups in total. The summed E-state index contributed by atoms with van der Waals surface area (Å²) in [6, 6.07) is 8.83. The van der Waals surface area contributed by atoms with Gasteiger partial charge in [-0.1, -0.05) is 12.1 Å². The molecule has 0 saturated carbocycles. The molecule has 0 bridgehead atoms. The lowest BCUT2D eigenvalue weighted by atomic mass is 9.96. The lowest BCUT2D eigenvalue weighted by Crippen LogP contribution is -2.40. The summed E-state index contributed by atoms with van der Waals surface area (Å²) >= 11 is 0. The minimum Gasteiger partial charge on any atom is -0.420 e. The maximum atomic E-state index is 13.3. The smallest absolute Gasteiger partial charge is 0.417 e. The number of benzene rings is 2. The van der Waals surface area contributed by atoms with Crippen LogP contribution in [0.1, 0.15) is 46.1 Å². The zero-order chi connectivity index (χ0) is 23.8. The SMILES string of the molecule is O=C(c1ccccc1C(F)(F)F)N1CCCC(c2nnc(-c3ccc(C(F)(F)F)cc3)o2)C1. The van der Waals surface area contributed by atoms with E-state index in [0.717, 1.165) is 24.3 Å². The van der Waals surface area contributed by atoms with Crippen LogP contribution in [-0.4, -0.2) is 34.1 Å². The highest BCUT2D eigenvalue weighted by Gasteiger charge is 2.37. The molecule has 2 heterocycles. The van der Waals surface area contributed by atoms with E-state index >= 15 is 0 Å². The minimum atomic E-state index is -4.66. The summed E-state index contributed by atoms with van der Waals surface area (Å²) in [6.07, 6.45) is -8.05. The van der Waals surface area contributed by atoms with Gasteiger partial charge in [-0.15, -0.1) is 10.2 Å². The fourth-order valence-electron chi connectivity index (χ4n) is 3.77. The van der Waals surface area contributed by atoms with E-state index in [-0.39, 0.29) is 24.9 Å². The molecule has 1 aliphatic rings. The number of carbonyl (C=O) groups is 1. The van der Waals surface area contributed by atoms with Crippen LogP contribution in [0, 0.1) is 0 Å². The molecule has 0 radical (unpaired) electrons. The lowest BCUT2D eigenvalue weighted by molar-refractivity contribution is -0.138. The standard InChI is InChI=1S/C22H17F6N3O2/c23-21(24,25)15-9-7-13(8-10-15)18-29-30-19(33-18)14-4-3-11-31(12-14)20(32)16-5-1-2-6-17(16)22(26,27)28/h1-2,5-10,14H,3-4,11-12H2. The van der Waals surface area contributed by atoms with E-state index in [0.29, 0.717) is 18.4 Å². The van der Waals surface area contributed by atoms with E-state index < -0.39 is 40.9 Å². The number of amides is 1. The molecule has 1 unspecified atom stereocenters. The maximum absolute atomic E-state index is 13.3. The van der Waals surface area contributed by atoms with Crippen LogP contribution in [0.4, 0.5) is 26.3 Å². The van der Waals surface area contributed by atoms with Crippen LogP contribution < -0.4 is 0 Å². The summed E-state index contributed by atoms with van der Waals surface area (Å²) < 4.78 is 83.8. The van der Waals surface area contributed by atoms with Crippen molar-refractivity contribution in [2.75, 3.05) is 13.1 Å². The predicted octanol–water partition coefficient (Wildman–Crippen LogP) is 5.79. The quantitative estimate of drug-likeness (QED) is 0.456. The molecule has 5 nitrogen and oxygen atoms in total. The fourth-order valence-corrected chi connectivity index (χ4v) is 3.77. The van der Waals surface area contributed by atoms with Gasteiger partial charge in [0.25, 0.3) is 5.91 Å².